The van der Waals surface area contributed by atoms with Crippen LogP contribution in [0.3, 0.4) is 0 Å². The summed E-state index contributed by atoms with van der Waals surface area (Å²) in [7, 11) is 3.21. The minimum absolute atomic E-state index is 0.00455. The first-order valence-corrected chi connectivity index (χ1v) is 8.46. The molecule has 2 amide bonds. The predicted octanol–water partition coefficient (Wildman–Crippen LogP) is 2.17. The van der Waals surface area contributed by atoms with Gasteiger partial charge in [0.1, 0.15) is 11.5 Å². The number of methoxy groups -OCH3 is 2. The van der Waals surface area contributed by atoms with Gasteiger partial charge < -0.3 is 19.7 Å². The Balaban J connectivity index is 1.56. The molecule has 1 heterocycles. The zero-order valence-corrected chi connectivity index (χ0v) is 14.9. The number of carbonyl (C=O) groups excluding carboxylic acids is 2. The van der Waals surface area contributed by atoms with Gasteiger partial charge in [-0.3, -0.25) is 9.59 Å². The monoisotopic (exact) mass is 354 g/mol. The van der Waals surface area contributed by atoms with Crippen LogP contribution in [0.4, 0.5) is 5.69 Å². The van der Waals surface area contributed by atoms with E-state index in [-0.39, 0.29) is 24.3 Å². The van der Waals surface area contributed by atoms with Crippen molar-refractivity contribution in [2.24, 2.45) is 0 Å². The summed E-state index contributed by atoms with van der Waals surface area (Å²) in [4.78, 5) is 26.2. The highest BCUT2D eigenvalue weighted by Gasteiger charge is 2.31. The molecule has 1 saturated heterocycles. The largest absolute Gasteiger partial charge is 0.497 e. The van der Waals surface area contributed by atoms with Crippen LogP contribution < -0.4 is 19.7 Å². The lowest BCUT2D eigenvalue weighted by molar-refractivity contribution is -0.121. The summed E-state index contributed by atoms with van der Waals surface area (Å²) >= 11 is 0. The molecule has 1 aliphatic heterocycles. The summed E-state index contributed by atoms with van der Waals surface area (Å²) in [5.74, 6) is 1.41. The molecule has 0 aliphatic carbocycles. The third-order valence-corrected chi connectivity index (χ3v) is 4.40. The van der Waals surface area contributed by atoms with Crippen LogP contribution in [0.25, 0.3) is 0 Å². The molecule has 0 aromatic heterocycles. The van der Waals surface area contributed by atoms with Crippen LogP contribution in [-0.4, -0.2) is 38.6 Å². The molecule has 6 heteroatoms. The third-order valence-electron chi connectivity index (χ3n) is 4.40. The summed E-state index contributed by atoms with van der Waals surface area (Å²) in [6, 6.07) is 14.5. The summed E-state index contributed by atoms with van der Waals surface area (Å²) in [5, 5.41) is 2.95. The number of nitrogens with one attached hydrogen (secondary N) is 1. The quantitative estimate of drug-likeness (QED) is 0.863. The van der Waals surface area contributed by atoms with Gasteiger partial charge >= 0.3 is 0 Å². The average molecular weight is 354 g/mol. The van der Waals surface area contributed by atoms with Crippen molar-refractivity contribution in [1.29, 1.82) is 0 Å². The molecule has 1 atom stereocenters. The van der Waals surface area contributed by atoms with E-state index in [1.165, 1.54) is 0 Å². The standard InChI is InChI=1S/C20H22N2O4/c1-25-17-7-3-14(4-8-17)11-19(23)21-15-12-20(24)22(13-15)16-5-9-18(26-2)10-6-16/h3-10,15H,11-13H2,1-2H3,(H,21,23)/t15-/m0/s1. The average Bonchev–Trinajstić information content (AvgIpc) is 3.02. The Morgan fingerprint density at radius 2 is 1.62 bits per heavy atom. The number of amides is 2. The highest BCUT2D eigenvalue weighted by atomic mass is 16.5. The van der Waals surface area contributed by atoms with Gasteiger partial charge in [-0.15, -0.1) is 0 Å². The van der Waals surface area contributed by atoms with Gasteiger partial charge in [-0.1, -0.05) is 12.1 Å². The minimum Gasteiger partial charge on any atom is -0.497 e. The third kappa shape index (κ3) is 4.14. The number of nitrogens with zero attached hydrogens (tertiary/aromatic N) is 1. The molecule has 0 spiro atoms. The number of anilines is 1. The maximum absolute atomic E-state index is 12.3. The number of rotatable bonds is 6. The van der Waals surface area contributed by atoms with Crippen molar-refractivity contribution < 1.29 is 19.1 Å². The van der Waals surface area contributed by atoms with Crippen LogP contribution in [0.15, 0.2) is 48.5 Å². The van der Waals surface area contributed by atoms with E-state index in [0.717, 1.165) is 22.7 Å². The van der Waals surface area contributed by atoms with Gasteiger partial charge in [0, 0.05) is 18.7 Å². The van der Waals surface area contributed by atoms with Crippen molar-refractivity contribution in [1.82, 2.24) is 5.32 Å². The Morgan fingerprint density at radius 3 is 2.19 bits per heavy atom. The fraction of sp³-hybridized carbons (Fsp3) is 0.300. The molecule has 2 aromatic carbocycles. The molecule has 0 radical (unpaired) electrons. The molecule has 0 unspecified atom stereocenters. The van der Waals surface area contributed by atoms with E-state index in [2.05, 4.69) is 5.32 Å². The lowest BCUT2D eigenvalue weighted by Crippen LogP contribution is -2.38. The maximum Gasteiger partial charge on any atom is 0.229 e. The molecule has 1 N–H and O–H groups in total. The van der Waals surface area contributed by atoms with Crippen LogP contribution >= 0.6 is 0 Å². The van der Waals surface area contributed by atoms with E-state index in [9.17, 15) is 9.59 Å². The first-order valence-electron chi connectivity index (χ1n) is 8.46. The van der Waals surface area contributed by atoms with Gasteiger partial charge in [-0.05, 0) is 42.0 Å². The zero-order valence-electron chi connectivity index (χ0n) is 14.9. The van der Waals surface area contributed by atoms with Crippen LogP contribution in [0.2, 0.25) is 0 Å². The molecular formula is C20H22N2O4. The summed E-state index contributed by atoms with van der Waals surface area (Å²) in [5.41, 5.74) is 1.71. The molecule has 6 nitrogen and oxygen atoms in total. The van der Waals surface area contributed by atoms with Gasteiger partial charge in [-0.2, -0.15) is 0 Å². The lowest BCUT2D eigenvalue weighted by Gasteiger charge is -2.17. The smallest absolute Gasteiger partial charge is 0.229 e. The maximum atomic E-state index is 12.3. The van der Waals surface area contributed by atoms with Gasteiger partial charge in [0.25, 0.3) is 0 Å². The highest BCUT2D eigenvalue weighted by molar-refractivity contribution is 5.97. The normalized spacial score (nSPS) is 16.5. The van der Waals surface area contributed by atoms with Crippen molar-refractivity contribution >= 4 is 17.5 Å². The molecule has 0 saturated carbocycles. The SMILES string of the molecule is COc1ccc(CC(=O)N[C@H]2CC(=O)N(c3ccc(OC)cc3)C2)cc1. The van der Waals surface area contributed by atoms with Crippen LogP contribution in [0.1, 0.15) is 12.0 Å². The van der Waals surface area contributed by atoms with Crippen molar-refractivity contribution in [2.45, 2.75) is 18.9 Å². The number of hydrogen-bond donors (Lipinski definition) is 1. The molecule has 3 rings (SSSR count). The fourth-order valence-electron chi connectivity index (χ4n) is 3.02. The number of ether oxygens (including phenoxy) is 2. The van der Waals surface area contributed by atoms with Crippen LogP contribution in [-0.2, 0) is 16.0 Å². The van der Waals surface area contributed by atoms with Crippen molar-refractivity contribution in [2.75, 3.05) is 25.7 Å². The minimum atomic E-state index is -0.185. The van der Waals surface area contributed by atoms with Gasteiger partial charge in [0.05, 0.1) is 26.7 Å². The second-order valence-corrected chi connectivity index (χ2v) is 6.20. The zero-order chi connectivity index (χ0) is 18.5. The number of hydrogen-bond acceptors (Lipinski definition) is 4. The van der Waals surface area contributed by atoms with E-state index in [1.807, 2.05) is 48.5 Å². The summed E-state index contributed by atoms with van der Waals surface area (Å²) < 4.78 is 10.2. The second kappa shape index (κ2) is 7.91. The Hall–Kier alpha value is -3.02. The molecule has 1 fully saturated rings. The van der Waals surface area contributed by atoms with Crippen molar-refractivity contribution in [3.63, 3.8) is 0 Å². The molecule has 136 valence electrons. The number of carbonyl (C=O) groups is 2. The molecule has 0 bridgehead atoms. The van der Waals surface area contributed by atoms with Crippen LogP contribution in [0, 0.1) is 0 Å². The molecule has 2 aromatic rings. The second-order valence-electron chi connectivity index (χ2n) is 6.20. The lowest BCUT2D eigenvalue weighted by atomic mass is 10.1. The number of benzene rings is 2. The fourth-order valence-corrected chi connectivity index (χ4v) is 3.02. The van der Waals surface area contributed by atoms with Gasteiger partial charge in [0.15, 0.2) is 0 Å². The van der Waals surface area contributed by atoms with Gasteiger partial charge in [-0.25, -0.2) is 0 Å². The molecule has 26 heavy (non-hydrogen) atoms. The van der Waals surface area contributed by atoms with Gasteiger partial charge in [0.2, 0.25) is 11.8 Å². The first kappa shape index (κ1) is 17.8. The highest BCUT2D eigenvalue weighted by Crippen LogP contribution is 2.24. The van der Waals surface area contributed by atoms with E-state index in [1.54, 1.807) is 19.1 Å². The van der Waals surface area contributed by atoms with E-state index in [4.69, 9.17) is 9.47 Å². The van der Waals surface area contributed by atoms with E-state index >= 15 is 0 Å². The van der Waals surface area contributed by atoms with E-state index in [0.29, 0.717) is 13.0 Å². The van der Waals surface area contributed by atoms with Crippen molar-refractivity contribution in [3.8, 4) is 11.5 Å². The Bertz CT molecular complexity index is 771. The first-order chi connectivity index (χ1) is 12.6. The molecule has 1 aliphatic rings. The Labute approximate surface area is 152 Å². The van der Waals surface area contributed by atoms with Crippen LogP contribution in [0.5, 0.6) is 11.5 Å². The Morgan fingerprint density at radius 1 is 1.04 bits per heavy atom. The predicted molar refractivity (Wildman–Crippen MR) is 98.6 cm³/mol. The summed E-state index contributed by atoms with van der Waals surface area (Å²) in [6.07, 6.45) is 0.581. The summed E-state index contributed by atoms with van der Waals surface area (Å²) in [6.45, 7) is 0.472. The van der Waals surface area contributed by atoms with E-state index < -0.39 is 0 Å². The topological polar surface area (TPSA) is 67.9 Å². The Kier molecular flexibility index (Phi) is 5.41. The van der Waals surface area contributed by atoms with Crippen molar-refractivity contribution in [3.05, 3.63) is 54.1 Å². The molecular weight excluding hydrogens is 332 g/mol.